The molecule has 16 heavy (non-hydrogen) atoms. The minimum atomic E-state index is -0.630. The quantitative estimate of drug-likeness (QED) is 0.286. The van der Waals surface area contributed by atoms with Crippen LogP contribution in [-0.2, 0) is 23.8 Å². The van der Waals surface area contributed by atoms with Gasteiger partial charge in [-0.1, -0.05) is 13.3 Å². The Labute approximate surface area is 95.4 Å². The summed E-state index contributed by atoms with van der Waals surface area (Å²) in [6.45, 7) is 4.21. The number of carbonyl (C=O) groups is 2. The van der Waals surface area contributed by atoms with Crippen LogP contribution in [0.25, 0.3) is 0 Å². The Morgan fingerprint density at radius 3 is 2.44 bits per heavy atom. The average molecular weight is 230 g/mol. The molecule has 0 saturated heterocycles. The molecule has 0 rings (SSSR count). The van der Waals surface area contributed by atoms with Gasteiger partial charge in [0.25, 0.3) is 0 Å². The molecule has 0 N–H and O–H groups in total. The molecule has 1 unspecified atom stereocenters. The van der Waals surface area contributed by atoms with E-state index in [1.54, 1.807) is 6.92 Å². The molecule has 0 saturated carbocycles. The molecule has 0 amide bonds. The third kappa shape index (κ3) is 7.99. The summed E-state index contributed by atoms with van der Waals surface area (Å²) < 4.78 is 14.3. The van der Waals surface area contributed by atoms with Crippen LogP contribution < -0.4 is 0 Å². The Kier molecular flexibility index (Phi) is 8.15. The van der Waals surface area contributed by atoms with Crippen molar-refractivity contribution in [2.24, 2.45) is 0 Å². The molecule has 5 nitrogen and oxygen atoms in total. The summed E-state index contributed by atoms with van der Waals surface area (Å²) in [4.78, 5) is 21.8. The first-order valence-electron chi connectivity index (χ1n) is 5.18. The van der Waals surface area contributed by atoms with E-state index in [1.165, 1.54) is 7.11 Å². The van der Waals surface area contributed by atoms with Crippen molar-refractivity contribution < 1.29 is 23.8 Å². The molecule has 0 bridgehead atoms. The van der Waals surface area contributed by atoms with Crippen LogP contribution >= 0.6 is 0 Å². The fourth-order valence-corrected chi connectivity index (χ4v) is 0.835. The van der Waals surface area contributed by atoms with Gasteiger partial charge in [-0.15, -0.1) is 0 Å². The van der Waals surface area contributed by atoms with Crippen molar-refractivity contribution in [3.63, 3.8) is 0 Å². The maximum atomic E-state index is 11.1. The van der Waals surface area contributed by atoms with Gasteiger partial charge in [0.2, 0.25) is 0 Å². The van der Waals surface area contributed by atoms with Crippen molar-refractivity contribution in [2.45, 2.75) is 33.0 Å². The van der Waals surface area contributed by atoms with Crippen LogP contribution in [0.2, 0.25) is 0 Å². The number of rotatable bonds is 7. The Hall–Kier alpha value is -1.36. The number of ether oxygens (including phenoxy) is 3. The zero-order chi connectivity index (χ0) is 12.4. The highest BCUT2D eigenvalue weighted by Crippen LogP contribution is 1.98. The molecule has 1 atom stereocenters. The van der Waals surface area contributed by atoms with Gasteiger partial charge in [0.15, 0.2) is 6.29 Å². The fraction of sp³-hybridized carbons (Fsp3) is 0.636. The maximum absolute atomic E-state index is 11.1. The predicted octanol–water partition coefficient (Wildman–Crippen LogP) is 1.42. The first-order valence-corrected chi connectivity index (χ1v) is 5.18. The summed E-state index contributed by atoms with van der Waals surface area (Å²) in [5, 5.41) is 0. The molecule has 0 aromatic heterocycles. The van der Waals surface area contributed by atoms with E-state index in [2.05, 4.69) is 4.74 Å². The predicted molar refractivity (Wildman–Crippen MR) is 57.6 cm³/mol. The highest BCUT2D eigenvalue weighted by Gasteiger charge is 2.06. The summed E-state index contributed by atoms with van der Waals surface area (Å²) in [6, 6.07) is 0. The molecular formula is C11H18O5. The second kappa shape index (κ2) is 8.91. The van der Waals surface area contributed by atoms with E-state index >= 15 is 0 Å². The van der Waals surface area contributed by atoms with Crippen molar-refractivity contribution >= 4 is 11.9 Å². The average Bonchev–Trinajstić information content (AvgIpc) is 2.26. The number of unbranched alkanes of at least 4 members (excludes halogenated alkanes) is 1. The second-order valence-corrected chi connectivity index (χ2v) is 3.09. The van der Waals surface area contributed by atoms with Crippen LogP contribution in [0.15, 0.2) is 12.2 Å². The summed E-state index contributed by atoms with van der Waals surface area (Å²) in [5.74, 6) is -1.23. The molecule has 5 heteroatoms. The van der Waals surface area contributed by atoms with Gasteiger partial charge in [0.05, 0.1) is 13.7 Å². The summed E-state index contributed by atoms with van der Waals surface area (Å²) in [7, 11) is 1.23. The number of carbonyl (C=O) groups excluding carboxylic acids is 2. The number of methoxy groups -OCH3 is 1. The van der Waals surface area contributed by atoms with Gasteiger partial charge in [-0.2, -0.15) is 0 Å². The van der Waals surface area contributed by atoms with Crippen LogP contribution in [0.3, 0.4) is 0 Å². The third-order valence-corrected chi connectivity index (χ3v) is 1.69. The van der Waals surface area contributed by atoms with Crippen molar-refractivity contribution in [3.05, 3.63) is 12.2 Å². The van der Waals surface area contributed by atoms with Crippen LogP contribution in [0, 0.1) is 0 Å². The first kappa shape index (κ1) is 14.6. The normalized spacial score (nSPS) is 12.4. The van der Waals surface area contributed by atoms with E-state index in [0.29, 0.717) is 6.61 Å². The summed E-state index contributed by atoms with van der Waals surface area (Å²) >= 11 is 0. The zero-order valence-corrected chi connectivity index (χ0v) is 9.89. The molecular weight excluding hydrogens is 212 g/mol. The minimum Gasteiger partial charge on any atom is -0.466 e. The Morgan fingerprint density at radius 1 is 1.25 bits per heavy atom. The van der Waals surface area contributed by atoms with Crippen molar-refractivity contribution in [1.29, 1.82) is 0 Å². The van der Waals surface area contributed by atoms with Crippen LogP contribution in [0.5, 0.6) is 0 Å². The molecule has 0 aromatic carbocycles. The summed E-state index contributed by atoms with van der Waals surface area (Å²) in [6.07, 6.45) is 3.33. The summed E-state index contributed by atoms with van der Waals surface area (Å²) in [5.41, 5.74) is 0. The van der Waals surface area contributed by atoms with Gasteiger partial charge in [-0.3, -0.25) is 0 Å². The van der Waals surface area contributed by atoms with E-state index in [9.17, 15) is 9.59 Å². The minimum absolute atomic E-state index is 0.547. The molecule has 0 heterocycles. The number of hydrogen-bond donors (Lipinski definition) is 0. The Balaban J connectivity index is 3.77. The van der Waals surface area contributed by atoms with E-state index < -0.39 is 18.2 Å². The van der Waals surface area contributed by atoms with Crippen molar-refractivity contribution in [1.82, 2.24) is 0 Å². The Morgan fingerprint density at radius 2 is 1.88 bits per heavy atom. The zero-order valence-electron chi connectivity index (χ0n) is 9.89. The largest absolute Gasteiger partial charge is 0.466 e. The smallest absolute Gasteiger partial charge is 0.333 e. The van der Waals surface area contributed by atoms with E-state index in [1.807, 2.05) is 6.92 Å². The number of hydrogen-bond acceptors (Lipinski definition) is 5. The van der Waals surface area contributed by atoms with E-state index in [0.717, 1.165) is 25.0 Å². The van der Waals surface area contributed by atoms with Crippen LogP contribution in [0.1, 0.15) is 26.7 Å². The van der Waals surface area contributed by atoms with Crippen molar-refractivity contribution in [2.75, 3.05) is 13.7 Å². The molecule has 0 spiro atoms. The van der Waals surface area contributed by atoms with Crippen molar-refractivity contribution in [3.8, 4) is 0 Å². The van der Waals surface area contributed by atoms with Gasteiger partial charge < -0.3 is 14.2 Å². The topological polar surface area (TPSA) is 61.8 Å². The standard InChI is InChI=1S/C11H18O5/c1-4-5-8-15-9(2)16-11(13)7-6-10(12)14-3/h6-7,9H,4-5,8H2,1-3H3/b7-6-. The monoisotopic (exact) mass is 230 g/mol. The lowest BCUT2D eigenvalue weighted by atomic mass is 10.4. The second-order valence-electron chi connectivity index (χ2n) is 3.09. The van der Waals surface area contributed by atoms with Gasteiger partial charge in [-0.25, -0.2) is 9.59 Å². The molecule has 92 valence electrons. The van der Waals surface area contributed by atoms with Gasteiger partial charge in [0.1, 0.15) is 0 Å². The van der Waals surface area contributed by atoms with Crippen LogP contribution in [-0.4, -0.2) is 31.9 Å². The lowest BCUT2D eigenvalue weighted by Crippen LogP contribution is -2.17. The van der Waals surface area contributed by atoms with Crippen LogP contribution in [0.4, 0.5) is 0 Å². The first-order chi connectivity index (χ1) is 7.60. The molecule has 0 aliphatic carbocycles. The van der Waals surface area contributed by atoms with Gasteiger partial charge in [0, 0.05) is 12.2 Å². The fourth-order valence-electron chi connectivity index (χ4n) is 0.835. The van der Waals surface area contributed by atoms with Gasteiger partial charge >= 0.3 is 11.9 Å². The Bertz CT molecular complexity index is 247. The lowest BCUT2D eigenvalue weighted by molar-refractivity contribution is -0.169. The molecule has 0 aliphatic heterocycles. The third-order valence-electron chi connectivity index (χ3n) is 1.69. The molecule has 0 fully saturated rings. The lowest BCUT2D eigenvalue weighted by Gasteiger charge is -2.12. The number of esters is 2. The molecule has 0 aromatic rings. The molecule has 0 radical (unpaired) electrons. The van der Waals surface area contributed by atoms with E-state index in [4.69, 9.17) is 9.47 Å². The molecule has 0 aliphatic rings. The van der Waals surface area contributed by atoms with E-state index in [-0.39, 0.29) is 0 Å². The maximum Gasteiger partial charge on any atom is 0.333 e. The van der Waals surface area contributed by atoms with Gasteiger partial charge in [-0.05, 0) is 13.3 Å². The highest BCUT2D eigenvalue weighted by atomic mass is 16.7. The SMILES string of the molecule is CCCCOC(C)OC(=O)/C=C\C(=O)OC. The highest BCUT2D eigenvalue weighted by molar-refractivity contribution is 5.91.